The number of rotatable bonds is 6. The molecule has 2 heterocycles. The van der Waals surface area contributed by atoms with Gasteiger partial charge < -0.3 is 10.2 Å². The first kappa shape index (κ1) is 16.6. The first-order valence-electron chi connectivity index (χ1n) is 7.67. The van der Waals surface area contributed by atoms with E-state index < -0.39 is 0 Å². The largest absolute Gasteiger partial charge is 0.365 e. The molecule has 0 aliphatic heterocycles. The van der Waals surface area contributed by atoms with Crippen molar-refractivity contribution in [2.45, 2.75) is 6.54 Å². The summed E-state index contributed by atoms with van der Waals surface area (Å²) in [6.07, 6.45) is 1.62. The highest BCUT2D eigenvalue weighted by molar-refractivity contribution is 6.11. The van der Waals surface area contributed by atoms with Crippen LogP contribution in [0.1, 0.15) is 17.0 Å². The standard InChI is InChI=1S/C17H18FN7/c1-25(2)17-22-16(23-24-17)14(19)12-7-5-9-20-15(12)21-10-11-6-3-4-8-13(11)18/h3-9,19H,10H2,1-2H3,(H,20,21)(H,22,23,24). The number of pyridine rings is 1. The van der Waals surface area contributed by atoms with Crippen LogP contribution in [0.5, 0.6) is 0 Å². The van der Waals surface area contributed by atoms with E-state index in [1.165, 1.54) is 6.07 Å². The summed E-state index contributed by atoms with van der Waals surface area (Å²) in [5, 5.41) is 18.3. The maximum absolute atomic E-state index is 13.8. The molecule has 7 nitrogen and oxygen atoms in total. The van der Waals surface area contributed by atoms with Gasteiger partial charge in [0, 0.05) is 38.0 Å². The van der Waals surface area contributed by atoms with Gasteiger partial charge in [-0.2, -0.15) is 4.98 Å². The molecule has 3 rings (SSSR count). The third-order valence-electron chi connectivity index (χ3n) is 3.59. The van der Waals surface area contributed by atoms with Gasteiger partial charge in [-0.05, 0) is 18.2 Å². The topological polar surface area (TPSA) is 93.6 Å². The summed E-state index contributed by atoms with van der Waals surface area (Å²) in [7, 11) is 3.64. The van der Waals surface area contributed by atoms with Crippen molar-refractivity contribution < 1.29 is 4.39 Å². The van der Waals surface area contributed by atoms with Gasteiger partial charge in [0.05, 0.1) is 0 Å². The minimum absolute atomic E-state index is 0.157. The van der Waals surface area contributed by atoms with E-state index in [2.05, 4.69) is 25.5 Å². The van der Waals surface area contributed by atoms with Crippen LogP contribution in [-0.4, -0.2) is 40.0 Å². The number of anilines is 2. The van der Waals surface area contributed by atoms with Crippen molar-refractivity contribution in [1.82, 2.24) is 20.2 Å². The van der Waals surface area contributed by atoms with E-state index in [1.54, 1.807) is 41.4 Å². The summed E-state index contributed by atoms with van der Waals surface area (Å²) in [6.45, 7) is 0.267. The van der Waals surface area contributed by atoms with Crippen LogP contribution in [0.25, 0.3) is 0 Å². The Morgan fingerprint density at radius 1 is 1.24 bits per heavy atom. The molecule has 0 aliphatic carbocycles. The number of aromatic nitrogens is 4. The lowest BCUT2D eigenvalue weighted by atomic mass is 10.1. The molecule has 0 bridgehead atoms. The number of hydrogen-bond acceptors (Lipinski definition) is 6. The molecule has 2 aromatic heterocycles. The van der Waals surface area contributed by atoms with E-state index in [9.17, 15) is 4.39 Å². The molecule has 128 valence electrons. The molecular weight excluding hydrogens is 321 g/mol. The van der Waals surface area contributed by atoms with Gasteiger partial charge in [0.25, 0.3) is 0 Å². The third-order valence-corrected chi connectivity index (χ3v) is 3.59. The molecule has 0 spiro atoms. The molecule has 0 saturated carbocycles. The molecule has 0 unspecified atom stereocenters. The molecule has 0 saturated heterocycles. The molecule has 0 fully saturated rings. The Balaban J connectivity index is 1.82. The average molecular weight is 339 g/mol. The molecule has 1 aromatic carbocycles. The highest BCUT2D eigenvalue weighted by atomic mass is 19.1. The fourth-order valence-corrected chi connectivity index (χ4v) is 2.26. The smallest absolute Gasteiger partial charge is 0.244 e. The van der Waals surface area contributed by atoms with Crippen molar-refractivity contribution in [3.8, 4) is 0 Å². The Labute approximate surface area is 144 Å². The molecule has 25 heavy (non-hydrogen) atoms. The van der Waals surface area contributed by atoms with E-state index in [0.717, 1.165) is 0 Å². The number of nitrogens with one attached hydrogen (secondary N) is 3. The van der Waals surface area contributed by atoms with Crippen molar-refractivity contribution in [1.29, 1.82) is 5.41 Å². The summed E-state index contributed by atoms with van der Waals surface area (Å²) in [5.74, 6) is 1.03. The summed E-state index contributed by atoms with van der Waals surface area (Å²) in [5.41, 5.74) is 1.24. The van der Waals surface area contributed by atoms with E-state index in [0.29, 0.717) is 28.7 Å². The second-order valence-corrected chi connectivity index (χ2v) is 5.60. The minimum atomic E-state index is -0.284. The zero-order valence-corrected chi connectivity index (χ0v) is 13.9. The van der Waals surface area contributed by atoms with Gasteiger partial charge in [-0.1, -0.05) is 18.2 Å². The number of H-pyrrole nitrogens is 1. The van der Waals surface area contributed by atoms with E-state index in [-0.39, 0.29) is 18.1 Å². The van der Waals surface area contributed by atoms with Gasteiger partial charge in [0.15, 0.2) is 5.82 Å². The van der Waals surface area contributed by atoms with Crippen LogP contribution in [0.3, 0.4) is 0 Å². The Bertz CT molecular complexity index is 888. The van der Waals surface area contributed by atoms with Crippen LogP contribution in [0.4, 0.5) is 16.2 Å². The molecule has 0 amide bonds. The van der Waals surface area contributed by atoms with E-state index in [4.69, 9.17) is 5.41 Å². The van der Waals surface area contributed by atoms with Crippen molar-refractivity contribution >= 4 is 17.5 Å². The third kappa shape index (κ3) is 3.63. The first-order chi connectivity index (χ1) is 12.1. The summed E-state index contributed by atoms with van der Waals surface area (Å²) < 4.78 is 13.8. The fraction of sp³-hybridized carbons (Fsp3) is 0.176. The first-order valence-corrected chi connectivity index (χ1v) is 7.67. The number of nitrogens with zero attached hydrogens (tertiary/aromatic N) is 4. The molecule has 3 N–H and O–H groups in total. The molecule has 0 atom stereocenters. The number of hydrogen-bond donors (Lipinski definition) is 3. The van der Waals surface area contributed by atoms with Crippen molar-refractivity contribution in [2.24, 2.45) is 0 Å². The zero-order valence-electron chi connectivity index (χ0n) is 13.9. The van der Waals surface area contributed by atoms with Gasteiger partial charge in [-0.3, -0.25) is 10.5 Å². The highest BCUT2D eigenvalue weighted by Crippen LogP contribution is 2.17. The lowest BCUT2D eigenvalue weighted by Crippen LogP contribution is -2.12. The molecule has 0 radical (unpaired) electrons. The van der Waals surface area contributed by atoms with Crippen LogP contribution < -0.4 is 10.2 Å². The zero-order chi connectivity index (χ0) is 17.8. The van der Waals surface area contributed by atoms with Crippen molar-refractivity contribution in [3.05, 3.63) is 65.4 Å². The summed E-state index contributed by atoms with van der Waals surface area (Å²) in [4.78, 5) is 10.3. The second kappa shape index (κ2) is 7.08. The molecule has 3 aromatic rings. The number of aromatic amines is 1. The SMILES string of the molecule is CN(C)c1n[nH]c(C(=N)c2cccnc2NCc2ccccc2F)n1. The average Bonchev–Trinajstić information content (AvgIpc) is 3.11. The van der Waals surface area contributed by atoms with E-state index >= 15 is 0 Å². The van der Waals surface area contributed by atoms with E-state index in [1.807, 2.05) is 14.1 Å². The summed E-state index contributed by atoms with van der Waals surface area (Å²) in [6, 6.07) is 10.0. The van der Waals surface area contributed by atoms with Crippen LogP contribution in [0.15, 0.2) is 42.6 Å². The van der Waals surface area contributed by atoms with Gasteiger partial charge in [-0.25, -0.2) is 9.37 Å². The van der Waals surface area contributed by atoms with Gasteiger partial charge in [-0.15, -0.1) is 5.10 Å². The Kier molecular flexibility index (Phi) is 4.69. The molecule has 8 heteroatoms. The van der Waals surface area contributed by atoms with Crippen LogP contribution in [-0.2, 0) is 6.54 Å². The quantitative estimate of drug-likeness (QED) is 0.600. The minimum Gasteiger partial charge on any atom is -0.365 e. The highest BCUT2D eigenvalue weighted by Gasteiger charge is 2.16. The van der Waals surface area contributed by atoms with Crippen LogP contribution in [0, 0.1) is 11.2 Å². The van der Waals surface area contributed by atoms with Crippen molar-refractivity contribution in [2.75, 3.05) is 24.3 Å². The van der Waals surface area contributed by atoms with Crippen LogP contribution in [0.2, 0.25) is 0 Å². The maximum atomic E-state index is 13.8. The molecular formula is C17H18FN7. The number of benzene rings is 1. The number of halogens is 1. The lowest BCUT2D eigenvalue weighted by Gasteiger charge is -2.11. The van der Waals surface area contributed by atoms with Crippen LogP contribution >= 0.6 is 0 Å². The summed E-state index contributed by atoms with van der Waals surface area (Å²) >= 11 is 0. The maximum Gasteiger partial charge on any atom is 0.244 e. The van der Waals surface area contributed by atoms with Gasteiger partial charge in [0.1, 0.15) is 17.3 Å². The monoisotopic (exact) mass is 339 g/mol. The second-order valence-electron chi connectivity index (χ2n) is 5.60. The normalized spacial score (nSPS) is 10.5. The predicted octanol–water partition coefficient (Wildman–Crippen LogP) is 2.43. The Hall–Kier alpha value is -3.29. The van der Waals surface area contributed by atoms with Gasteiger partial charge >= 0.3 is 0 Å². The van der Waals surface area contributed by atoms with Gasteiger partial charge in [0.2, 0.25) is 5.95 Å². The Morgan fingerprint density at radius 2 is 2.04 bits per heavy atom. The van der Waals surface area contributed by atoms with Crippen molar-refractivity contribution in [3.63, 3.8) is 0 Å². The Morgan fingerprint density at radius 3 is 2.76 bits per heavy atom. The fourth-order valence-electron chi connectivity index (χ4n) is 2.26. The predicted molar refractivity (Wildman–Crippen MR) is 94.6 cm³/mol. The lowest BCUT2D eigenvalue weighted by molar-refractivity contribution is 0.613. The molecule has 0 aliphatic rings.